The van der Waals surface area contributed by atoms with Gasteiger partial charge in [0.15, 0.2) is 11.4 Å². The molecule has 10 heteroatoms. The number of rotatable bonds is 5. The summed E-state index contributed by atoms with van der Waals surface area (Å²) >= 11 is 0. The predicted octanol–water partition coefficient (Wildman–Crippen LogP) is 0.982. The van der Waals surface area contributed by atoms with Gasteiger partial charge in [0, 0.05) is 38.5 Å². The summed E-state index contributed by atoms with van der Waals surface area (Å²) in [5.41, 5.74) is -1.44. The number of hydrogen-bond donors (Lipinski definition) is 2. The van der Waals surface area contributed by atoms with Crippen molar-refractivity contribution in [2.45, 2.75) is 0 Å². The Morgan fingerprint density at radius 2 is 2.03 bits per heavy atom. The van der Waals surface area contributed by atoms with E-state index in [2.05, 4.69) is 10.3 Å². The van der Waals surface area contributed by atoms with Crippen molar-refractivity contribution in [3.63, 3.8) is 0 Å². The van der Waals surface area contributed by atoms with Crippen LogP contribution in [0.3, 0.4) is 0 Å². The Kier molecular flexibility index (Phi) is 5.30. The summed E-state index contributed by atoms with van der Waals surface area (Å²) in [6, 6.07) is 9.17. The first-order valence-corrected chi connectivity index (χ1v) is 9.55. The molecule has 3 aromatic rings. The summed E-state index contributed by atoms with van der Waals surface area (Å²) in [6.45, 7) is 0.800. The number of benzene rings is 1. The molecule has 0 saturated carbocycles. The van der Waals surface area contributed by atoms with Gasteiger partial charge in [-0.15, -0.1) is 0 Å². The van der Waals surface area contributed by atoms with Gasteiger partial charge in [0.1, 0.15) is 18.1 Å². The number of aromatic nitrogens is 2. The lowest BCUT2D eigenvalue weighted by Crippen LogP contribution is -2.53. The van der Waals surface area contributed by atoms with Crippen molar-refractivity contribution >= 4 is 28.4 Å². The smallest absolute Gasteiger partial charge is 0.277 e. The Labute approximate surface area is 177 Å². The van der Waals surface area contributed by atoms with Crippen LogP contribution in [-0.2, 0) is 4.74 Å². The molecular weight excluding hydrogens is 402 g/mol. The van der Waals surface area contributed by atoms with Crippen molar-refractivity contribution in [2.24, 2.45) is 0 Å². The van der Waals surface area contributed by atoms with Crippen LogP contribution in [0.15, 0.2) is 47.5 Å². The maximum absolute atomic E-state index is 12.9. The Bertz CT molecular complexity index is 1230. The lowest BCUT2D eigenvalue weighted by molar-refractivity contribution is 0.0629. The molecule has 160 valence electrons. The van der Waals surface area contributed by atoms with Crippen LogP contribution in [0.5, 0.6) is 5.75 Å². The van der Waals surface area contributed by atoms with Crippen LogP contribution in [0.1, 0.15) is 20.8 Å². The second-order valence-corrected chi connectivity index (χ2v) is 7.11. The van der Waals surface area contributed by atoms with Crippen LogP contribution < -0.4 is 15.8 Å². The largest absolute Gasteiger partial charge is 0.502 e. The number of methoxy groups -OCH3 is 1. The highest BCUT2D eigenvalue weighted by Gasteiger charge is 2.33. The number of hydrogen-bond acceptors (Lipinski definition) is 7. The van der Waals surface area contributed by atoms with Crippen molar-refractivity contribution in [1.82, 2.24) is 14.6 Å². The molecule has 1 aromatic carbocycles. The molecule has 1 aliphatic heterocycles. The zero-order valence-corrected chi connectivity index (χ0v) is 17.0. The van der Waals surface area contributed by atoms with Crippen LogP contribution in [-0.4, -0.2) is 65.5 Å². The van der Waals surface area contributed by atoms with Crippen LogP contribution in [0.2, 0.25) is 0 Å². The first-order valence-electron chi connectivity index (χ1n) is 9.55. The molecular formula is C21H21N5O5. The molecule has 0 atom stereocenters. The standard InChI is InChI=1S/C21H21N5O5/c1-24-12-25(9-10-31-2)21(30)16-18(28)17(27)15(11-26(16)24)20(29)23-19-14-6-4-3-5-13(14)7-8-22-19/h3-8,11,28H,9-10,12H2,1-2H3,(H,22,23,29). The van der Waals surface area contributed by atoms with Gasteiger partial charge in [0.2, 0.25) is 5.43 Å². The zero-order valence-electron chi connectivity index (χ0n) is 17.0. The van der Waals surface area contributed by atoms with E-state index in [4.69, 9.17) is 4.74 Å². The fraction of sp³-hybridized carbons (Fsp3) is 0.238. The first-order chi connectivity index (χ1) is 14.9. The highest BCUT2D eigenvalue weighted by molar-refractivity contribution is 6.08. The molecule has 0 unspecified atom stereocenters. The summed E-state index contributed by atoms with van der Waals surface area (Å²) < 4.78 is 6.32. The summed E-state index contributed by atoms with van der Waals surface area (Å²) in [7, 11) is 3.19. The topological polar surface area (TPSA) is 117 Å². The third kappa shape index (κ3) is 3.57. The molecule has 2 aromatic heterocycles. The number of ether oxygens (including phenoxy) is 1. The average Bonchev–Trinajstić information content (AvgIpc) is 2.77. The van der Waals surface area contributed by atoms with Gasteiger partial charge in [-0.25, -0.2) is 4.98 Å². The minimum absolute atomic E-state index is 0.198. The molecule has 0 aliphatic carbocycles. The molecule has 0 fully saturated rings. The number of anilines is 1. The Hall–Kier alpha value is -3.92. The minimum atomic E-state index is -0.931. The Balaban J connectivity index is 1.71. The third-order valence-electron chi connectivity index (χ3n) is 5.11. The number of pyridine rings is 2. The van der Waals surface area contributed by atoms with Crippen LogP contribution in [0.25, 0.3) is 10.8 Å². The van der Waals surface area contributed by atoms with Crippen molar-refractivity contribution in [3.05, 3.63) is 64.2 Å². The fourth-order valence-electron chi connectivity index (χ4n) is 3.52. The number of aromatic hydroxyl groups is 1. The zero-order chi connectivity index (χ0) is 22.1. The van der Waals surface area contributed by atoms with Crippen LogP contribution in [0.4, 0.5) is 5.82 Å². The van der Waals surface area contributed by atoms with Gasteiger partial charge in [-0.05, 0) is 11.5 Å². The second kappa shape index (κ2) is 8.07. The van der Waals surface area contributed by atoms with Crippen molar-refractivity contribution in [1.29, 1.82) is 0 Å². The molecule has 0 saturated heterocycles. The van der Waals surface area contributed by atoms with Crippen molar-refractivity contribution in [2.75, 3.05) is 44.3 Å². The molecule has 1 aliphatic rings. The van der Waals surface area contributed by atoms with Crippen molar-refractivity contribution in [3.8, 4) is 5.75 Å². The predicted molar refractivity (Wildman–Crippen MR) is 114 cm³/mol. The molecule has 0 radical (unpaired) electrons. The fourth-order valence-corrected chi connectivity index (χ4v) is 3.52. The molecule has 31 heavy (non-hydrogen) atoms. The number of fused-ring (bicyclic) bond motifs is 2. The molecule has 2 N–H and O–H groups in total. The van der Waals surface area contributed by atoms with E-state index in [1.807, 2.05) is 18.2 Å². The highest BCUT2D eigenvalue weighted by Crippen LogP contribution is 2.23. The number of carbonyl (C=O) groups excluding carboxylic acids is 2. The molecule has 0 spiro atoms. The van der Waals surface area contributed by atoms with Gasteiger partial charge >= 0.3 is 0 Å². The van der Waals surface area contributed by atoms with Gasteiger partial charge in [-0.2, -0.15) is 0 Å². The first kappa shape index (κ1) is 20.4. The molecule has 4 rings (SSSR count). The van der Waals surface area contributed by atoms with Crippen LogP contribution in [0, 0.1) is 0 Å². The molecule has 3 heterocycles. The van der Waals surface area contributed by atoms with E-state index in [1.54, 1.807) is 30.4 Å². The second-order valence-electron chi connectivity index (χ2n) is 7.11. The molecule has 2 amide bonds. The number of carbonyl (C=O) groups is 2. The molecule has 0 bridgehead atoms. The Morgan fingerprint density at radius 3 is 2.81 bits per heavy atom. The highest BCUT2D eigenvalue weighted by atomic mass is 16.5. The van der Waals surface area contributed by atoms with E-state index >= 15 is 0 Å². The van der Waals surface area contributed by atoms with Gasteiger partial charge in [0.25, 0.3) is 11.8 Å². The van der Waals surface area contributed by atoms with E-state index < -0.39 is 23.0 Å². The lowest BCUT2D eigenvalue weighted by Gasteiger charge is -2.37. The van der Waals surface area contributed by atoms with Gasteiger partial charge in [-0.1, -0.05) is 24.3 Å². The summed E-state index contributed by atoms with van der Waals surface area (Å²) in [5.74, 6) is -1.74. The van der Waals surface area contributed by atoms with E-state index in [9.17, 15) is 19.5 Å². The quantitative estimate of drug-likeness (QED) is 0.628. The van der Waals surface area contributed by atoms with Gasteiger partial charge < -0.3 is 20.1 Å². The van der Waals surface area contributed by atoms with Crippen molar-refractivity contribution < 1.29 is 19.4 Å². The normalized spacial score (nSPS) is 13.4. The van der Waals surface area contributed by atoms with E-state index in [-0.39, 0.29) is 17.9 Å². The Morgan fingerprint density at radius 1 is 1.26 bits per heavy atom. The average molecular weight is 423 g/mol. The molecule has 10 nitrogen and oxygen atoms in total. The number of amides is 2. The van der Waals surface area contributed by atoms with E-state index in [1.165, 1.54) is 22.9 Å². The monoisotopic (exact) mass is 423 g/mol. The maximum atomic E-state index is 12.9. The summed E-state index contributed by atoms with van der Waals surface area (Å²) in [5, 5.41) is 16.3. The summed E-state index contributed by atoms with van der Waals surface area (Å²) in [4.78, 5) is 44.1. The van der Waals surface area contributed by atoms with Gasteiger partial charge in [-0.3, -0.25) is 24.1 Å². The number of nitrogens with zero attached hydrogens (tertiary/aromatic N) is 4. The van der Waals surface area contributed by atoms with Crippen LogP contribution >= 0.6 is 0 Å². The van der Waals surface area contributed by atoms with E-state index in [0.29, 0.717) is 24.4 Å². The van der Waals surface area contributed by atoms with E-state index in [0.717, 1.165) is 5.39 Å². The third-order valence-corrected chi connectivity index (χ3v) is 5.11. The number of nitrogens with one attached hydrogen (secondary N) is 1. The van der Waals surface area contributed by atoms with Gasteiger partial charge in [0.05, 0.1) is 6.61 Å². The lowest BCUT2D eigenvalue weighted by atomic mass is 10.1. The minimum Gasteiger partial charge on any atom is -0.502 e. The summed E-state index contributed by atoms with van der Waals surface area (Å²) in [6.07, 6.45) is 2.81. The maximum Gasteiger partial charge on any atom is 0.277 e. The SMILES string of the molecule is COCCN1CN(C)n2cc(C(=O)Nc3nccc4ccccc34)c(=O)c(O)c2C1=O.